The predicted molar refractivity (Wildman–Crippen MR) is 55.6 cm³/mol. The summed E-state index contributed by atoms with van der Waals surface area (Å²) in [4.78, 5) is 0. The van der Waals surface area contributed by atoms with Crippen LogP contribution in [-0.4, -0.2) is 26.0 Å². The number of aliphatic hydroxyl groups excluding tert-OH is 1. The van der Waals surface area contributed by atoms with Crippen molar-refractivity contribution in [3.05, 3.63) is 10.6 Å². The number of rotatable bonds is 1. The highest BCUT2D eigenvalue weighted by molar-refractivity contribution is 7.71. The van der Waals surface area contributed by atoms with Gasteiger partial charge in [-0.1, -0.05) is 0 Å². The van der Waals surface area contributed by atoms with E-state index in [0.717, 1.165) is 31.5 Å². The molecule has 0 unspecified atom stereocenters. The average Bonchev–Trinajstić information content (AvgIpc) is 2.50. The van der Waals surface area contributed by atoms with E-state index in [-0.39, 0.29) is 6.10 Å². The van der Waals surface area contributed by atoms with Gasteiger partial charge in [-0.05, 0) is 37.9 Å². The Bertz CT molecular complexity index is 362. The van der Waals surface area contributed by atoms with Crippen LogP contribution in [0.4, 0.5) is 0 Å². The van der Waals surface area contributed by atoms with E-state index in [4.69, 9.17) is 12.2 Å². The van der Waals surface area contributed by atoms with E-state index in [1.807, 2.05) is 11.6 Å². The maximum atomic E-state index is 9.39. The van der Waals surface area contributed by atoms with E-state index in [0.29, 0.717) is 10.7 Å². The Labute approximate surface area is 88.0 Å². The molecule has 1 heterocycles. The highest BCUT2D eigenvalue weighted by Crippen LogP contribution is 2.31. The van der Waals surface area contributed by atoms with Crippen LogP contribution >= 0.6 is 12.2 Å². The normalized spacial score (nSPS) is 27.9. The number of aromatic amines is 1. The third-order valence-corrected chi connectivity index (χ3v) is 3.34. The molecule has 0 aromatic carbocycles. The maximum Gasteiger partial charge on any atom is 0.194 e. The van der Waals surface area contributed by atoms with Gasteiger partial charge < -0.3 is 9.67 Å². The number of hydrogen-bond acceptors (Lipinski definition) is 3. The molecule has 2 rings (SSSR count). The van der Waals surface area contributed by atoms with E-state index in [9.17, 15) is 5.11 Å². The molecule has 1 aliphatic carbocycles. The lowest BCUT2D eigenvalue weighted by atomic mass is 9.87. The van der Waals surface area contributed by atoms with Gasteiger partial charge >= 0.3 is 0 Å². The molecule has 0 saturated heterocycles. The average molecular weight is 213 g/mol. The van der Waals surface area contributed by atoms with Crippen molar-refractivity contribution >= 4 is 12.2 Å². The first-order valence-electron chi connectivity index (χ1n) is 4.98. The molecule has 0 atom stereocenters. The van der Waals surface area contributed by atoms with E-state index in [2.05, 4.69) is 10.2 Å². The second-order valence-corrected chi connectivity index (χ2v) is 4.34. The molecular weight excluding hydrogens is 198 g/mol. The number of nitrogens with one attached hydrogen (secondary N) is 1. The van der Waals surface area contributed by atoms with Gasteiger partial charge in [-0.25, -0.2) is 0 Å². The summed E-state index contributed by atoms with van der Waals surface area (Å²) in [6.07, 6.45) is 3.66. The first-order chi connectivity index (χ1) is 6.68. The summed E-state index contributed by atoms with van der Waals surface area (Å²) in [6, 6.07) is 0. The van der Waals surface area contributed by atoms with Crippen LogP contribution in [0.1, 0.15) is 37.4 Å². The van der Waals surface area contributed by atoms with Crippen molar-refractivity contribution in [1.82, 2.24) is 14.8 Å². The van der Waals surface area contributed by atoms with Gasteiger partial charge in [0.1, 0.15) is 5.82 Å². The molecule has 0 spiro atoms. The minimum atomic E-state index is -0.113. The third kappa shape index (κ3) is 1.74. The molecule has 0 amide bonds. The third-order valence-electron chi connectivity index (χ3n) is 2.98. The lowest BCUT2D eigenvalue weighted by Gasteiger charge is -2.24. The number of H-pyrrole nitrogens is 1. The molecule has 0 bridgehead atoms. The molecule has 1 aromatic heterocycles. The fourth-order valence-electron chi connectivity index (χ4n) is 2.06. The summed E-state index contributed by atoms with van der Waals surface area (Å²) in [7, 11) is 1.94. The summed E-state index contributed by atoms with van der Waals surface area (Å²) >= 11 is 5.06. The first kappa shape index (κ1) is 9.86. The number of hydrogen-bond donors (Lipinski definition) is 2. The van der Waals surface area contributed by atoms with E-state index < -0.39 is 0 Å². The maximum absolute atomic E-state index is 9.39. The van der Waals surface area contributed by atoms with Crippen molar-refractivity contribution in [3.63, 3.8) is 0 Å². The highest BCUT2D eigenvalue weighted by atomic mass is 32.1. The van der Waals surface area contributed by atoms with Crippen molar-refractivity contribution in [2.75, 3.05) is 0 Å². The molecule has 0 radical (unpaired) electrons. The number of aromatic nitrogens is 3. The fraction of sp³-hybridized carbons (Fsp3) is 0.778. The van der Waals surface area contributed by atoms with Crippen LogP contribution < -0.4 is 0 Å². The molecule has 0 aliphatic heterocycles. The van der Waals surface area contributed by atoms with Crippen molar-refractivity contribution < 1.29 is 5.11 Å². The van der Waals surface area contributed by atoms with Crippen LogP contribution in [-0.2, 0) is 7.05 Å². The largest absolute Gasteiger partial charge is 0.393 e. The standard InChI is InChI=1S/C9H15N3OS/c1-12-8(10-11-9(12)14)6-2-4-7(13)5-3-6/h6-7,13H,2-5H2,1H3,(H,11,14). The fourth-order valence-corrected chi connectivity index (χ4v) is 2.20. The van der Waals surface area contributed by atoms with E-state index in [1.165, 1.54) is 0 Å². The molecule has 1 saturated carbocycles. The Morgan fingerprint density at radius 2 is 2.07 bits per heavy atom. The zero-order valence-electron chi connectivity index (χ0n) is 8.23. The smallest absolute Gasteiger partial charge is 0.194 e. The number of nitrogens with zero attached hydrogens (tertiary/aromatic N) is 2. The first-order valence-corrected chi connectivity index (χ1v) is 5.38. The van der Waals surface area contributed by atoms with Gasteiger partial charge in [-0.2, -0.15) is 5.10 Å². The van der Waals surface area contributed by atoms with Crippen LogP contribution in [0.15, 0.2) is 0 Å². The Kier molecular flexibility index (Phi) is 2.69. The Hall–Kier alpha value is -0.680. The lowest BCUT2D eigenvalue weighted by Crippen LogP contribution is -2.19. The van der Waals surface area contributed by atoms with Crippen LogP contribution in [0, 0.1) is 4.77 Å². The molecule has 1 aliphatic rings. The van der Waals surface area contributed by atoms with Crippen molar-refractivity contribution in [2.45, 2.75) is 37.7 Å². The summed E-state index contributed by atoms with van der Waals surface area (Å²) in [5.41, 5.74) is 0. The molecule has 4 nitrogen and oxygen atoms in total. The molecule has 5 heteroatoms. The molecular formula is C9H15N3OS. The molecule has 1 fully saturated rings. The lowest BCUT2D eigenvalue weighted by molar-refractivity contribution is 0.121. The molecule has 1 aromatic rings. The summed E-state index contributed by atoms with van der Waals surface area (Å²) in [6.45, 7) is 0. The van der Waals surface area contributed by atoms with Crippen LogP contribution in [0.5, 0.6) is 0 Å². The van der Waals surface area contributed by atoms with Crippen LogP contribution in [0.25, 0.3) is 0 Å². The summed E-state index contributed by atoms with van der Waals surface area (Å²) < 4.78 is 2.60. The second kappa shape index (κ2) is 3.82. The van der Waals surface area contributed by atoms with Gasteiger partial charge in [0.05, 0.1) is 6.10 Å². The zero-order chi connectivity index (χ0) is 10.1. The quantitative estimate of drug-likeness (QED) is 0.695. The topological polar surface area (TPSA) is 53.8 Å². The van der Waals surface area contributed by atoms with Gasteiger partial charge in [0.15, 0.2) is 4.77 Å². The predicted octanol–water partition coefficient (Wildman–Crippen LogP) is 1.50. The van der Waals surface area contributed by atoms with Gasteiger partial charge in [-0.15, -0.1) is 0 Å². The van der Waals surface area contributed by atoms with Gasteiger partial charge in [0, 0.05) is 13.0 Å². The second-order valence-electron chi connectivity index (χ2n) is 3.95. The molecule has 14 heavy (non-hydrogen) atoms. The molecule has 2 N–H and O–H groups in total. The van der Waals surface area contributed by atoms with Gasteiger partial charge in [-0.3, -0.25) is 5.10 Å². The minimum absolute atomic E-state index is 0.113. The summed E-state index contributed by atoms with van der Waals surface area (Å²) in [5, 5.41) is 16.4. The van der Waals surface area contributed by atoms with E-state index >= 15 is 0 Å². The van der Waals surface area contributed by atoms with Gasteiger partial charge in [0.25, 0.3) is 0 Å². The Balaban J connectivity index is 2.16. The van der Waals surface area contributed by atoms with Crippen molar-refractivity contribution in [1.29, 1.82) is 0 Å². The Morgan fingerprint density at radius 1 is 1.43 bits per heavy atom. The number of aliphatic hydroxyl groups is 1. The SMILES string of the molecule is Cn1c(C2CCC(O)CC2)n[nH]c1=S. The molecule has 78 valence electrons. The van der Waals surface area contributed by atoms with E-state index in [1.54, 1.807) is 0 Å². The van der Waals surface area contributed by atoms with Crippen molar-refractivity contribution in [2.24, 2.45) is 7.05 Å². The van der Waals surface area contributed by atoms with Crippen LogP contribution in [0.2, 0.25) is 0 Å². The zero-order valence-corrected chi connectivity index (χ0v) is 9.05. The highest BCUT2D eigenvalue weighted by Gasteiger charge is 2.23. The van der Waals surface area contributed by atoms with Gasteiger partial charge in [0.2, 0.25) is 0 Å². The summed E-state index contributed by atoms with van der Waals surface area (Å²) in [5.74, 6) is 1.48. The Morgan fingerprint density at radius 3 is 2.57 bits per heavy atom. The van der Waals surface area contributed by atoms with Crippen molar-refractivity contribution in [3.8, 4) is 0 Å². The minimum Gasteiger partial charge on any atom is -0.393 e. The monoisotopic (exact) mass is 213 g/mol. The van der Waals surface area contributed by atoms with Crippen LogP contribution in [0.3, 0.4) is 0 Å².